The first kappa shape index (κ1) is 18.5. The lowest BCUT2D eigenvalue weighted by Gasteiger charge is -2.26. The van der Waals surface area contributed by atoms with Crippen molar-refractivity contribution in [1.29, 1.82) is 0 Å². The maximum absolute atomic E-state index is 4.90. The van der Waals surface area contributed by atoms with Gasteiger partial charge in [0.05, 0.1) is 6.54 Å². The maximum atomic E-state index is 4.90. The molecule has 0 aromatic heterocycles. The van der Waals surface area contributed by atoms with Crippen LogP contribution in [0.4, 0.5) is 0 Å². The molecule has 0 radical (unpaired) electrons. The Morgan fingerprint density at radius 3 is 2.57 bits per heavy atom. The summed E-state index contributed by atoms with van der Waals surface area (Å²) in [5.41, 5.74) is 0. The average molecular weight is 324 g/mol. The van der Waals surface area contributed by atoms with Gasteiger partial charge in [0.2, 0.25) is 0 Å². The van der Waals surface area contributed by atoms with Crippen LogP contribution in [-0.2, 0) is 0 Å². The van der Waals surface area contributed by atoms with Gasteiger partial charge in [0.25, 0.3) is 0 Å². The number of likely N-dealkylation sites (N-methyl/N-ethyl adjacent to an activating group) is 1. The third-order valence-corrected chi connectivity index (χ3v) is 5.12. The fourth-order valence-electron chi connectivity index (χ4n) is 3.81. The summed E-state index contributed by atoms with van der Waals surface area (Å²) in [6.07, 6.45) is 5.28. The molecular formula is C18H37N5. The Bertz CT molecular complexity index is 351. The van der Waals surface area contributed by atoms with Crippen molar-refractivity contribution in [3.05, 3.63) is 0 Å². The minimum Gasteiger partial charge on any atom is -0.357 e. The Morgan fingerprint density at radius 2 is 1.91 bits per heavy atom. The maximum Gasteiger partial charge on any atom is 0.194 e. The second-order valence-corrected chi connectivity index (χ2v) is 6.80. The van der Waals surface area contributed by atoms with E-state index in [9.17, 15) is 0 Å². The lowest BCUT2D eigenvalue weighted by molar-refractivity contribution is 0.249. The van der Waals surface area contributed by atoms with E-state index in [1.165, 1.54) is 45.3 Å². The van der Waals surface area contributed by atoms with Gasteiger partial charge in [-0.1, -0.05) is 13.8 Å². The Kier molecular flexibility index (Phi) is 8.17. The lowest BCUT2D eigenvalue weighted by Crippen LogP contribution is -2.43. The number of hydrogen-bond acceptors (Lipinski definition) is 3. The summed E-state index contributed by atoms with van der Waals surface area (Å²) in [5, 5.41) is 3.50. The van der Waals surface area contributed by atoms with Gasteiger partial charge in [-0.3, -0.25) is 9.89 Å². The van der Waals surface area contributed by atoms with Gasteiger partial charge in [-0.15, -0.1) is 0 Å². The van der Waals surface area contributed by atoms with Gasteiger partial charge >= 0.3 is 0 Å². The Labute approximate surface area is 143 Å². The zero-order chi connectivity index (χ0) is 16.5. The quantitative estimate of drug-likeness (QED) is 0.546. The van der Waals surface area contributed by atoms with Gasteiger partial charge in [0.15, 0.2) is 5.96 Å². The average Bonchev–Trinajstić information content (AvgIpc) is 3.23. The molecule has 1 N–H and O–H groups in total. The number of aliphatic imine (C=N–C) groups is 1. The first-order valence-electron chi connectivity index (χ1n) is 9.78. The van der Waals surface area contributed by atoms with Crippen molar-refractivity contribution in [2.75, 3.05) is 58.9 Å². The van der Waals surface area contributed by atoms with Gasteiger partial charge in [-0.05, 0) is 58.8 Å². The predicted molar refractivity (Wildman–Crippen MR) is 99.2 cm³/mol. The molecule has 0 amide bonds. The van der Waals surface area contributed by atoms with E-state index in [-0.39, 0.29) is 0 Å². The van der Waals surface area contributed by atoms with Gasteiger partial charge in [-0.25, -0.2) is 0 Å². The molecule has 2 saturated heterocycles. The molecule has 0 bridgehead atoms. The van der Waals surface area contributed by atoms with Crippen LogP contribution in [0.5, 0.6) is 0 Å². The number of guanidine groups is 1. The molecule has 5 heteroatoms. The third kappa shape index (κ3) is 5.64. The molecule has 2 rings (SSSR count). The molecule has 0 aromatic carbocycles. The van der Waals surface area contributed by atoms with Crippen molar-refractivity contribution in [3.8, 4) is 0 Å². The third-order valence-electron chi connectivity index (χ3n) is 5.12. The highest BCUT2D eigenvalue weighted by Crippen LogP contribution is 2.20. The summed E-state index contributed by atoms with van der Waals surface area (Å²) in [7, 11) is 0. The van der Waals surface area contributed by atoms with Crippen LogP contribution in [0.1, 0.15) is 46.5 Å². The first-order chi connectivity index (χ1) is 11.3. The minimum absolute atomic E-state index is 0.744. The molecular weight excluding hydrogens is 286 g/mol. The van der Waals surface area contributed by atoms with E-state index in [1.54, 1.807) is 0 Å². The highest BCUT2D eigenvalue weighted by Gasteiger charge is 2.30. The second-order valence-electron chi connectivity index (χ2n) is 6.80. The van der Waals surface area contributed by atoms with E-state index in [0.29, 0.717) is 0 Å². The van der Waals surface area contributed by atoms with Crippen molar-refractivity contribution in [1.82, 2.24) is 20.0 Å². The van der Waals surface area contributed by atoms with Gasteiger partial charge in [0.1, 0.15) is 0 Å². The molecule has 5 nitrogen and oxygen atoms in total. The summed E-state index contributed by atoms with van der Waals surface area (Å²) in [4.78, 5) is 12.5. The van der Waals surface area contributed by atoms with Crippen LogP contribution >= 0.6 is 0 Å². The Morgan fingerprint density at radius 1 is 1.13 bits per heavy atom. The van der Waals surface area contributed by atoms with E-state index >= 15 is 0 Å². The van der Waals surface area contributed by atoms with Gasteiger partial charge in [0, 0.05) is 32.2 Å². The molecule has 0 spiro atoms. The molecule has 1 atom stereocenters. The zero-order valence-corrected chi connectivity index (χ0v) is 15.6. The summed E-state index contributed by atoms with van der Waals surface area (Å²) < 4.78 is 0. The van der Waals surface area contributed by atoms with E-state index < -0.39 is 0 Å². The van der Waals surface area contributed by atoms with Crippen LogP contribution in [0.2, 0.25) is 0 Å². The molecule has 2 aliphatic rings. The summed E-state index contributed by atoms with van der Waals surface area (Å²) >= 11 is 0. The Balaban J connectivity index is 1.83. The topological polar surface area (TPSA) is 34.1 Å². The van der Waals surface area contributed by atoms with Gasteiger partial charge < -0.3 is 15.1 Å². The van der Waals surface area contributed by atoms with Crippen molar-refractivity contribution < 1.29 is 0 Å². The number of nitrogens with zero attached hydrogens (tertiary/aromatic N) is 4. The van der Waals surface area contributed by atoms with Crippen LogP contribution in [0.25, 0.3) is 0 Å². The molecule has 2 fully saturated rings. The van der Waals surface area contributed by atoms with Crippen molar-refractivity contribution in [2.45, 2.75) is 52.5 Å². The van der Waals surface area contributed by atoms with Crippen LogP contribution in [0.3, 0.4) is 0 Å². The fraction of sp³-hybridized carbons (Fsp3) is 0.944. The van der Waals surface area contributed by atoms with Crippen molar-refractivity contribution in [3.63, 3.8) is 0 Å². The highest BCUT2D eigenvalue weighted by atomic mass is 15.3. The van der Waals surface area contributed by atoms with Crippen molar-refractivity contribution >= 4 is 5.96 Å². The van der Waals surface area contributed by atoms with Crippen LogP contribution < -0.4 is 5.32 Å². The van der Waals surface area contributed by atoms with E-state index in [4.69, 9.17) is 4.99 Å². The molecule has 0 aliphatic carbocycles. The molecule has 23 heavy (non-hydrogen) atoms. The van der Waals surface area contributed by atoms with E-state index in [1.807, 2.05) is 0 Å². The van der Waals surface area contributed by atoms with Crippen molar-refractivity contribution in [2.24, 2.45) is 4.99 Å². The number of likely N-dealkylation sites (tertiary alicyclic amines) is 2. The van der Waals surface area contributed by atoms with E-state index in [0.717, 1.165) is 51.3 Å². The monoisotopic (exact) mass is 323 g/mol. The molecule has 0 saturated carbocycles. The molecule has 1 unspecified atom stereocenters. The first-order valence-corrected chi connectivity index (χ1v) is 9.78. The molecule has 134 valence electrons. The standard InChI is InChI=1S/C18H37N5/c1-4-11-21(6-3)15-10-20-18(19-5-2)23-14-9-17(16-23)22-12-7-8-13-22/h17H,4-16H2,1-3H3,(H,19,20). The van der Waals surface area contributed by atoms with Crippen LogP contribution in [0, 0.1) is 0 Å². The summed E-state index contributed by atoms with van der Waals surface area (Å²) in [6.45, 7) is 16.8. The normalized spacial score (nSPS) is 23.2. The van der Waals surface area contributed by atoms with Crippen LogP contribution in [-0.4, -0.2) is 85.6 Å². The highest BCUT2D eigenvalue weighted by molar-refractivity contribution is 5.80. The largest absolute Gasteiger partial charge is 0.357 e. The van der Waals surface area contributed by atoms with E-state index in [2.05, 4.69) is 40.8 Å². The molecule has 2 aliphatic heterocycles. The lowest BCUT2D eigenvalue weighted by atomic mass is 10.2. The summed E-state index contributed by atoms with van der Waals surface area (Å²) in [6, 6.07) is 0.744. The molecule has 0 aromatic rings. The smallest absolute Gasteiger partial charge is 0.194 e. The SMILES string of the molecule is CCCN(CC)CCN=C(NCC)N1CCC(N2CCCC2)C1. The second kappa shape index (κ2) is 10.1. The summed E-state index contributed by atoms with van der Waals surface area (Å²) in [5.74, 6) is 1.13. The minimum atomic E-state index is 0.744. The van der Waals surface area contributed by atoms with Crippen LogP contribution in [0.15, 0.2) is 4.99 Å². The predicted octanol–water partition coefficient (Wildman–Crippen LogP) is 1.85. The molecule has 2 heterocycles. The number of rotatable bonds is 8. The number of nitrogens with one attached hydrogen (secondary N) is 1. The number of hydrogen-bond donors (Lipinski definition) is 1. The van der Waals surface area contributed by atoms with Gasteiger partial charge in [-0.2, -0.15) is 0 Å². The fourth-order valence-corrected chi connectivity index (χ4v) is 3.81. The zero-order valence-electron chi connectivity index (χ0n) is 15.6. The Hall–Kier alpha value is -0.810.